The maximum Gasteiger partial charge on any atom is 0.442 e. The first-order valence-corrected chi connectivity index (χ1v) is 14.1. The summed E-state index contributed by atoms with van der Waals surface area (Å²) >= 11 is 1.45. The van der Waals surface area contributed by atoms with Crippen molar-refractivity contribution in [3.8, 4) is 0 Å². The van der Waals surface area contributed by atoms with Crippen LogP contribution in [-0.2, 0) is 20.4 Å². The van der Waals surface area contributed by atoms with Crippen LogP contribution in [0.2, 0.25) is 0 Å². The summed E-state index contributed by atoms with van der Waals surface area (Å²) in [5, 5.41) is 2.74. The first kappa shape index (κ1) is 29.3. The molecule has 210 valence electrons. The number of carbonyl (C=O) groups excluding carboxylic acids is 2. The van der Waals surface area contributed by atoms with Gasteiger partial charge in [-0.05, 0) is 47.2 Å². The third-order valence-corrected chi connectivity index (χ3v) is 8.91. The predicted molar refractivity (Wildman–Crippen MR) is 135 cm³/mol. The number of sulfonamides is 1. The number of ether oxygens (including phenoxy) is 1. The molecular formula is C25H15F6NO5S3. The fourth-order valence-electron chi connectivity index (χ4n) is 3.64. The first-order chi connectivity index (χ1) is 18.7. The van der Waals surface area contributed by atoms with Crippen LogP contribution in [0.1, 0.15) is 24.9 Å². The van der Waals surface area contributed by atoms with Crippen molar-refractivity contribution in [3.05, 3.63) is 105 Å². The quantitative estimate of drug-likeness (QED) is 0.164. The lowest BCUT2D eigenvalue weighted by Gasteiger charge is -2.36. The zero-order valence-corrected chi connectivity index (χ0v) is 22.1. The number of benzene rings is 2. The molecule has 4 aromatic rings. The Hall–Kier alpha value is -3.69. The summed E-state index contributed by atoms with van der Waals surface area (Å²) in [6.45, 7) is 0. The Morgan fingerprint density at radius 2 is 1.23 bits per heavy atom. The topological polar surface area (TPSA) is 80.8 Å². The molecule has 0 unspecified atom stereocenters. The zero-order valence-electron chi connectivity index (χ0n) is 19.6. The molecule has 0 saturated heterocycles. The second kappa shape index (κ2) is 10.7. The van der Waals surface area contributed by atoms with Crippen LogP contribution in [0.5, 0.6) is 0 Å². The lowest BCUT2D eigenvalue weighted by molar-refractivity contribution is -0.373. The van der Waals surface area contributed by atoms with Gasteiger partial charge in [-0.3, -0.25) is 4.79 Å². The van der Waals surface area contributed by atoms with Crippen molar-refractivity contribution in [3.63, 3.8) is 0 Å². The highest BCUT2D eigenvalue weighted by atomic mass is 32.2. The molecule has 0 aliphatic rings. The maximum atomic E-state index is 14.2. The SMILES string of the molecule is O=C(OC(c1ccc(N(C(=O)c2cccs2)S(=O)(=O)c2ccccc2)cc1)(C(F)(F)F)C(F)(F)F)c1cccs1. The Balaban J connectivity index is 1.86. The van der Waals surface area contributed by atoms with Gasteiger partial charge in [0.1, 0.15) is 4.88 Å². The zero-order chi connectivity index (χ0) is 29.3. The summed E-state index contributed by atoms with van der Waals surface area (Å²) in [4.78, 5) is 24.6. The highest BCUT2D eigenvalue weighted by Crippen LogP contribution is 2.53. The number of thiophene rings is 2. The van der Waals surface area contributed by atoms with Gasteiger partial charge < -0.3 is 4.74 Å². The number of rotatable bonds is 7. The van der Waals surface area contributed by atoms with Gasteiger partial charge in [-0.25, -0.2) is 13.2 Å². The number of esters is 1. The monoisotopic (exact) mass is 619 g/mol. The Kier molecular flexibility index (Phi) is 7.84. The second-order valence-electron chi connectivity index (χ2n) is 7.96. The molecule has 2 aromatic heterocycles. The summed E-state index contributed by atoms with van der Waals surface area (Å²) in [5.74, 6) is -2.96. The van der Waals surface area contributed by atoms with Gasteiger partial charge in [-0.1, -0.05) is 42.5 Å². The number of nitrogens with zero attached hydrogens (tertiary/aromatic N) is 1. The fourth-order valence-corrected chi connectivity index (χ4v) is 6.38. The van der Waals surface area contributed by atoms with E-state index in [1.165, 1.54) is 59.3 Å². The molecule has 2 aromatic carbocycles. The number of carbonyl (C=O) groups is 2. The molecule has 6 nitrogen and oxygen atoms in total. The number of anilines is 1. The van der Waals surface area contributed by atoms with E-state index < -0.39 is 56.0 Å². The van der Waals surface area contributed by atoms with Gasteiger partial charge >= 0.3 is 23.9 Å². The molecule has 40 heavy (non-hydrogen) atoms. The molecule has 0 bridgehead atoms. The van der Waals surface area contributed by atoms with E-state index >= 15 is 0 Å². The van der Waals surface area contributed by atoms with Crippen LogP contribution >= 0.6 is 22.7 Å². The Morgan fingerprint density at radius 3 is 1.70 bits per heavy atom. The van der Waals surface area contributed by atoms with Crippen molar-refractivity contribution in [2.45, 2.75) is 22.8 Å². The smallest absolute Gasteiger partial charge is 0.430 e. The minimum atomic E-state index is -6.18. The van der Waals surface area contributed by atoms with E-state index in [9.17, 15) is 44.3 Å². The third kappa shape index (κ3) is 5.23. The van der Waals surface area contributed by atoms with E-state index in [-0.39, 0.29) is 14.1 Å². The highest BCUT2D eigenvalue weighted by molar-refractivity contribution is 7.93. The van der Waals surface area contributed by atoms with E-state index in [0.717, 1.165) is 17.4 Å². The molecule has 4 rings (SSSR count). The molecule has 2 heterocycles. The molecule has 0 fully saturated rings. The summed E-state index contributed by atoms with van der Waals surface area (Å²) in [6, 6.07) is 13.4. The van der Waals surface area contributed by atoms with Crippen molar-refractivity contribution in [2.75, 3.05) is 4.31 Å². The number of halogens is 6. The van der Waals surface area contributed by atoms with Crippen molar-refractivity contribution < 1.29 is 49.1 Å². The van der Waals surface area contributed by atoms with Gasteiger partial charge in [-0.15, -0.1) is 22.7 Å². The second-order valence-corrected chi connectivity index (χ2v) is 11.6. The van der Waals surface area contributed by atoms with Crippen molar-refractivity contribution in [1.82, 2.24) is 0 Å². The molecule has 1 amide bonds. The van der Waals surface area contributed by atoms with Crippen molar-refractivity contribution >= 4 is 50.3 Å². The fraction of sp³-hybridized carbons (Fsp3) is 0.120. The molecule has 15 heteroatoms. The maximum absolute atomic E-state index is 14.2. The number of hydrogen-bond acceptors (Lipinski definition) is 7. The average molecular weight is 620 g/mol. The van der Waals surface area contributed by atoms with Gasteiger partial charge in [0.15, 0.2) is 0 Å². The molecule has 0 saturated carbocycles. The van der Waals surface area contributed by atoms with Crippen LogP contribution in [0.25, 0.3) is 0 Å². The first-order valence-electron chi connectivity index (χ1n) is 10.9. The minimum absolute atomic E-state index is 0.0617. The van der Waals surface area contributed by atoms with E-state index in [1.807, 2.05) is 0 Å². The largest absolute Gasteiger partial charge is 0.442 e. The van der Waals surface area contributed by atoms with E-state index in [0.29, 0.717) is 35.6 Å². The van der Waals surface area contributed by atoms with Crippen LogP contribution in [0.15, 0.2) is 94.5 Å². The van der Waals surface area contributed by atoms with Gasteiger partial charge in [0.25, 0.3) is 15.9 Å². The van der Waals surface area contributed by atoms with Crippen LogP contribution in [-0.4, -0.2) is 32.6 Å². The average Bonchev–Trinajstić information content (AvgIpc) is 3.62. The Labute approximate surface area is 231 Å². The van der Waals surface area contributed by atoms with Crippen LogP contribution in [0.4, 0.5) is 32.0 Å². The Bertz CT molecular complexity index is 1570. The number of amides is 1. The molecule has 0 spiro atoms. The van der Waals surface area contributed by atoms with Crippen LogP contribution in [0, 0.1) is 0 Å². The molecule has 0 aliphatic carbocycles. The summed E-state index contributed by atoms with van der Waals surface area (Å²) in [5.41, 5.74) is -7.20. The molecule has 0 aliphatic heterocycles. The normalized spacial score (nSPS) is 12.7. The van der Waals surface area contributed by atoms with Crippen molar-refractivity contribution in [2.24, 2.45) is 0 Å². The summed E-state index contributed by atoms with van der Waals surface area (Å²) < 4.78 is 116. The van der Waals surface area contributed by atoms with E-state index in [1.54, 1.807) is 0 Å². The van der Waals surface area contributed by atoms with E-state index in [4.69, 9.17) is 0 Å². The summed E-state index contributed by atoms with van der Waals surface area (Å²) in [7, 11) is -4.67. The van der Waals surface area contributed by atoms with Crippen molar-refractivity contribution in [1.29, 1.82) is 0 Å². The minimum Gasteiger partial charge on any atom is -0.430 e. The van der Waals surface area contributed by atoms with E-state index in [2.05, 4.69) is 4.74 Å². The van der Waals surface area contributed by atoms with Crippen LogP contribution < -0.4 is 4.31 Å². The number of hydrogen-bond donors (Lipinski definition) is 0. The van der Waals surface area contributed by atoms with Gasteiger partial charge in [0.2, 0.25) is 0 Å². The predicted octanol–water partition coefficient (Wildman–Crippen LogP) is 7.02. The lowest BCUT2D eigenvalue weighted by atomic mass is 9.91. The molecular weight excluding hydrogens is 604 g/mol. The van der Waals surface area contributed by atoms with Gasteiger partial charge in [0.05, 0.1) is 15.5 Å². The third-order valence-electron chi connectivity index (χ3n) is 5.47. The molecule has 0 atom stereocenters. The Morgan fingerprint density at radius 1 is 0.700 bits per heavy atom. The highest BCUT2D eigenvalue weighted by Gasteiger charge is 2.75. The van der Waals surface area contributed by atoms with Crippen LogP contribution in [0.3, 0.4) is 0 Å². The number of alkyl halides is 6. The van der Waals surface area contributed by atoms with Gasteiger partial charge in [-0.2, -0.15) is 30.6 Å². The molecule has 0 N–H and O–H groups in total. The van der Waals surface area contributed by atoms with Gasteiger partial charge in [0, 0.05) is 5.56 Å². The molecule has 0 radical (unpaired) electrons. The standard InChI is InChI=1S/C25H15F6NO5S3/c26-24(27,28)23(25(29,30)31,37-22(34)20-9-5-15-39-20)16-10-12-17(13-11-16)32(21(33)19-8-4-14-38-19)40(35,36)18-6-2-1-3-7-18/h1-15H. The lowest BCUT2D eigenvalue weighted by Crippen LogP contribution is -2.56. The summed E-state index contributed by atoms with van der Waals surface area (Å²) in [6.07, 6.45) is -12.4.